The summed E-state index contributed by atoms with van der Waals surface area (Å²) in [6, 6.07) is 0. The van der Waals surface area contributed by atoms with E-state index in [0.29, 0.717) is 19.1 Å². The van der Waals surface area contributed by atoms with Crippen molar-refractivity contribution in [2.45, 2.75) is 25.7 Å². The molecule has 14 heavy (non-hydrogen) atoms. The number of thiazole rings is 1. The van der Waals surface area contributed by atoms with Crippen LogP contribution < -0.4 is 4.74 Å². The topological polar surface area (TPSA) is 40.6 Å². The summed E-state index contributed by atoms with van der Waals surface area (Å²) in [6.07, 6.45) is 0.00620. The van der Waals surface area contributed by atoms with Crippen molar-refractivity contribution in [2.24, 2.45) is 0 Å². The predicted molar refractivity (Wildman–Crippen MR) is 52.5 cm³/mol. The minimum atomic E-state index is -0.476. The van der Waals surface area contributed by atoms with Crippen molar-refractivity contribution in [1.29, 1.82) is 0 Å². The molecule has 0 amide bonds. The maximum atomic E-state index is 5.58. The summed E-state index contributed by atoms with van der Waals surface area (Å²) >= 11 is 1.51. The van der Waals surface area contributed by atoms with Gasteiger partial charge in [-0.1, -0.05) is 0 Å². The van der Waals surface area contributed by atoms with Gasteiger partial charge in [-0.2, -0.15) is 0 Å². The monoisotopic (exact) mass is 215 g/mol. The third kappa shape index (κ3) is 2.43. The number of nitrogens with zero attached hydrogens (tertiary/aromatic N) is 1. The van der Waals surface area contributed by atoms with E-state index >= 15 is 0 Å². The van der Waals surface area contributed by atoms with Crippen LogP contribution in [0.15, 0.2) is 10.9 Å². The van der Waals surface area contributed by atoms with E-state index in [1.54, 1.807) is 5.51 Å². The van der Waals surface area contributed by atoms with Gasteiger partial charge in [0.1, 0.15) is 12.7 Å². The highest BCUT2D eigenvalue weighted by atomic mass is 32.1. The van der Waals surface area contributed by atoms with E-state index in [4.69, 9.17) is 14.2 Å². The third-order valence-corrected chi connectivity index (χ3v) is 2.46. The van der Waals surface area contributed by atoms with Gasteiger partial charge in [0.25, 0.3) is 0 Å². The van der Waals surface area contributed by atoms with Gasteiger partial charge in [-0.15, -0.1) is 11.3 Å². The van der Waals surface area contributed by atoms with Crippen molar-refractivity contribution in [2.75, 3.05) is 13.2 Å². The van der Waals surface area contributed by atoms with E-state index in [0.717, 1.165) is 0 Å². The Kier molecular flexibility index (Phi) is 2.71. The summed E-state index contributed by atoms with van der Waals surface area (Å²) in [5.41, 5.74) is 1.74. The van der Waals surface area contributed by atoms with Crippen LogP contribution in [0.2, 0.25) is 0 Å². The van der Waals surface area contributed by atoms with E-state index in [1.165, 1.54) is 11.3 Å². The average Bonchev–Trinajstić information content (AvgIpc) is 2.70. The van der Waals surface area contributed by atoms with Crippen molar-refractivity contribution in [1.82, 2.24) is 4.98 Å². The molecular formula is C9H13NO3S. The molecule has 0 radical (unpaired) electrons. The first-order valence-electron chi connectivity index (χ1n) is 4.48. The van der Waals surface area contributed by atoms with Gasteiger partial charge in [0.2, 0.25) is 5.88 Å². The van der Waals surface area contributed by atoms with Crippen LogP contribution in [0.4, 0.5) is 0 Å². The number of hydrogen-bond donors (Lipinski definition) is 0. The summed E-state index contributed by atoms with van der Waals surface area (Å²) in [7, 11) is 0. The molecule has 0 aromatic carbocycles. The summed E-state index contributed by atoms with van der Waals surface area (Å²) < 4.78 is 16.4. The Balaban J connectivity index is 1.78. The van der Waals surface area contributed by atoms with Gasteiger partial charge in [0, 0.05) is 0 Å². The molecule has 0 N–H and O–H groups in total. The molecule has 1 aliphatic heterocycles. The van der Waals surface area contributed by atoms with Crippen LogP contribution in [0.5, 0.6) is 5.88 Å². The highest BCUT2D eigenvalue weighted by Crippen LogP contribution is 2.22. The van der Waals surface area contributed by atoms with Crippen LogP contribution in [0.3, 0.4) is 0 Å². The molecule has 0 saturated carbocycles. The van der Waals surface area contributed by atoms with E-state index in [1.807, 2.05) is 19.2 Å². The van der Waals surface area contributed by atoms with Crippen molar-refractivity contribution < 1.29 is 14.2 Å². The maximum Gasteiger partial charge on any atom is 0.224 e. The molecule has 2 rings (SSSR count). The Bertz CT molecular complexity index is 286. The molecule has 1 atom stereocenters. The number of aromatic nitrogens is 1. The molecular weight excluding hydrogens is 202 g/mol. The van der Waals surface area contributed by atoms with Gasteiger partial charge in [-0.05, 0) is 13.8 Å². The van der Waals surface area contributed by atoms with Crippen LogP contribution in [0.1, 0.15) is 13.8 Å². The second-order valence-corrected chi connectivity index (χ2v) is 4.31. The fourth-order valence-corrected chi connectivity index (χ4v) is 1.77. The molecule has 2 heterocycles. The zero-order valence-corrected chi connectivity index (χ0v) is 9.04. The molecule has 1 saturated heterocycles. The maximum absolute atomic E-state index is 5.58. The molecule has 78 valence electrons. The number of ether oxygens (including phenoxy) is 3. The Labute approximate surface area is 86.8 Å². The second kappa shape index (κ2) is 3.84. The molecule has 0 unspecified atom stereocenters. The first kappa shape index (κ1) is 9.89. The summed E-state index contributed by atoms with van der Waals surface area (Å²) in [6.45, 7) is 4.87. The minimum absolute atomic E-state index is 0.00620. The molecule has 1 aromatic rings. The molecule has 0 bridgehead atoms. The Hall–Kier alpha value is -0.650. The van der Waals surface area contributed by atoms with Crippen LogP contribution in [0.25, 0.3) is 0 Å². The SMILES string of the molecule is CC1(C)OC[C@@H](COc2cscn2)O1. The second-order valence-electron chi connectivity index (χ2n) is 3.59. The molecule has 1 aliphatic rings. The lowest BCUT2D eigenvalue weighted by atomic mass is 10.4. The predicted octanol–water partition coefficient (Wildman–Crippen LogP) is 1.67. The average molecular weight is 215 g/mol. The Morgan fingerprint density at radius 3 is 3.14 bits per heavy atom. The van der Waals surface area contributed by atoms with E-state index in [9.17, 15) is 0 Å². The first-order chi connectivity index (χ1) is 6.66. The van der Waals surface area contributed by atoms with Crippen LogP contribution in [0, 0.1) is 0 Å². The lowest BCUT2D eigenvalue weighted by molar-refractivity contribution is -0.141. The largest absolute Gasteiger partial charge is 0.474 e. The number of hydrogen-bond acceptors (Lipinski definition) is 5. The number of rotatable bonds is 3. The Morgan fingerprint density at radius 2 is 2.57 bits per heavy atom. The molecule has 5 heteroatoms. The van der Waals surface area contributed by atoms with Crippen LogP contribution in [-0.4, -0.2) is 30.1 Å². The van der Waals surface area contributed by atoms with Gasteiger partial charge in [0.15, 0.2) is 5.79 Å². The zero-order chi connectivity index (χ0) is 10.0. The van der Waals surface area contributed by atoms with Crippen molar-refractivity contribution in [3.63, 3.8) is 0 Å². The zero-order valence-electron chi connectivity index (χ0n) is 8.23. The third-order valence-electron chi connectivity index (χ3n) is 1.89. The van der Waals surface area contributed by atoms with E-state index in [2.05, 4.69) is 4.98 Å². The van der Waals surface area contributed by atoms with Gasteiger partial charge in [0.05, 0.1) is 17.5 Å². The molecule has 0 spiro atoms. The highest BCUT2D eigenvalue weighted by molar-refractivity contribution is 7.07. The van der Waals surface area contributed by atoms with Gasteiger partial charge < -0.3 is 14.2 Å². The van der Waals surface area contributed by atoms with Gasteiger partial charge >= 0.3 is 0 Å². The van der Waals surface area contributed by atoms with E-state index < -0.39 is 5.79 Å². The van der Waals surface area contributed by atoms with Crippen molar-refractivity contribution >= 4 is 11.3 Å². The molecule has 1 fully saturated rings. The smallest absolute Gasteiger partial charge is 0.224 e. The van der Waals surface area contributed by atoms with Crippen molar-refractivity contribution in [3.8, 4) is 5.88 Å². The summed E-state index contributed by atoms with van der Waals surface area (Å²) in [5, 5.41) is 1.86. The van der Waals surface area contributed by atoms with Crippen molar-refractivity contribution in [3.05, 3.63) is 10.9 Å². The van der Waals surface area contributed by atoms with Gasteiger partial charge in [-0.25, -0.2) is 4.98 Å². The fraction of sp³-hybridized carbons (Fsp3) is 0.667. The summed E-state index contributed by atoms with van der Waals surface area (Å²) in [4.78, 5) is 4.01. The minimum Gasteiger partial charge on any atom is -0.474 e. The normalized spacial score (nSPS) is 25.1. The fourth-order valence-electron chi connectivity index (χ4n) is 1.30. The van der Waals surface area contributed by atoms with Crippen LogP contribution >= 0.6 is 11.3 Å². The lowest BCUT2D eigenvalue weighted by Gasteiger charge is -2.16. The lowest BCUT2D eigenvalue weighted by Crippen LogP contribution is -2.25. The first-order valence-corrected chi connectivity index (χ1v) is 5.43. The van der Waals surface area contributed by atoms with E-state index in [-0.39, 0.29) is 6.10 Å². The van der Waals surface area contributed by atoms with Crippen LogP contribution in [-0.2, 0) is 9.47 Å². The quantitative estimate of drug-likeness (QED) is 0.769. The summed E-state index contributed by atoms with van der Waals surface area (Å²) in [5.74, 6) is 0.180. The van der Waals surface area contributed by atoms with Gasteiger partial charge in [-0.3, -0.25) is 0 Å². The Morgan fingerprint density at radius 1 is 1.71 bits per heavy atom. The standard InChI is InChI=1S/C9H13NO3S/c1-9(2)12-4-7(13-9)3-11-8-5-14-6-10-8/h5-7H,3-4H2,1-2H3/t7-/m1/s1. The highest BCUT2D eigenvalue weighted by Gasteiger charge is 2.32. The molecule has 0 aliphatic carbocycles. The molecule has 1 aromatic heterocycles. The molecule has 4 nitrogen and oxygen atoms in total.